The molecule has 5 heterocycles. The van der Waals surface area contributed by atoms with Gasteiger partial charge in [0, 0.05) is 55.6 Å². The number of benzene rings is 2. The van der Waals surface area contributed by atoms with Crippen LogP contribution in [0.25, 0.3) is 32.1 Å². The Hall–Kier alpha value is -4.90. The largest absolute Gasteiger partial charge is 0.460 e. The van der Waals surface area contributed by atoms with Gasteiger partial charge in [0.15, 0.2) is 5.82 Å². The molecule has 3 aliphatic heterocycles. The summed E-state index contributed by atoms with van der Waals surface area (Å²) >= 11 is 0.582. The number of rotatable bonds is 7. The molecule has 2 amide bonds. The zero-order valence-electron chi connectivity index (χ0n) is 33.4. The molecular formula is C40H43F5N6O7S. The molecule has 0 radical (unpaired) electrons. The van der Waals surface area contributed by atoms with Crippen molar-refractivity contribution in [2.24, 2.45) is 0 Å². The first-order chi connectivity index (χ1) is 27.6. The van der Waals surface area contributed by atoms with Crippen molar-refractivity contribution < 1.29 is 55.2 Å². The van der Waals surface area contributed by atoms with Crippen LogP contribution < -0.4 is 15.4 Å². The first-order valence-corrected chi connectivity index (χ1v) is 19.7. The van der Waals surface area contributed by atoms with Gasteiger partial charge in [0.1, 0.15) is 51.4 Å². The number of amides is 2. The maximum Gasteiger partial charge on any atom is 0.417 e. The van der Waals surface area contributed by atoms with Gasteiger partial charge in [-0.15, -0.1) is 11.3 Å². The number of methoxy groups -OCH3 is 1. The van der Waals surface area contributed by atoms with Gasteiger partial charge in [-0.3, -0.25) is 10.2 Å². The van der Waals surface area contributed by atoms with Crippen LogP contribution in [0.3, 0.4) is 0 Å². The van der Waals surface area contributed by atoms with Gasteiger partial charge in [-0.1, -0.05) is 6.07 Å². The lowest BCUT2D eigenvalue weighted by molar-refractivity contribution is -0.137. The second kappa shape index (κ2) is 15.0. The fourth-order valence-corrected chi connectivity index (χ4v) is 9.04. The zero-order valence-corrected chi connectivity index (χ0v) is 34.2. The Kier molecular flexibility index (Phi) is 10.7. The van der Waals surface area contributed by atoms with Crippen molar-refractivity contribution in [3.05, 3.63) is 46.7 Å². The Labute approximate surface area is 340 Å². The topological polar surface area (TPSA) is 157 Å². The van der Waals surface area contributed by atoms with Crippen molar-refractivity contribution >= 4 is 49.5 Å². The highest BCUT2D eigenvalue weighted by molar-refractivity contribution is 7.23. The van der Waals surface area contributed by atoms with E-state index in [1.54, 1.807) is 41.5 Å². The lowest BCUT2D eigenvalue weighted by atomic mass is 9.86. The number of halogens is 5. The number of nitriles is 1. The van der Waals surface area contributed by atoms with E-state index in [0.29, 0.717) is 43.4 Å². The normalized spacial score (nSPS) is 22.2. The van der Waals surface area contributed by atoms with Crippen LogP contribution in [-0.4, -0.2) is 89.9 Å². The Balaban J connectivity index is 1.50. The van der Waals surface area contributed by atoms with Crippen molar-refractivity contribution in [1.82, 2.24) is 20.2 Å². The van der Waals surface area contributed by atoms with Gasteiger partial charge < -0.3 is 29.0 Å². The third-order valence-corrected chi connectivity index (χ3v) is 11.6. The predicted octanol–water partition coefficient (Wildman–Crippen LogP) is 8.41. The van der Waals surface area contributed by atoms with E-state index in [9.17, 15) is 14.9 Å². The molecule has 13 nitrogen and oxygen atoms in total. The number of ether oxygens (including phenoxy) is 5. The molecule has 0 saturated carbocycles. The first kappa shape index (κ1) is 42.2. The number of carbonyl (C=O) groups excluding carboxylic acids is 2. The van der Waals surface area contributed by atoms with Crippen LogP contribution in [0.2, 0.25) is 0 Å². The monoisotopic (exact) mass is 846 g/mol. The number of hydrogen-bond acceptors (Lipinski definition) is 12. The van der Waals surface area contributed by atoms with Crippen molar-refractivity contribution in [1.29, 1.82) is 5.26 Å². The molecule has 19 heteroatoms. The number of fused-ring (bicyclic) bond motifs is 4. The van der Waals surface area contributed by atoms with E-state index in [1.165, 1.54) is 12.0 Å². The molecule has 2 aromatic carbocycles. The molecule has 0 spiro atoms. The molecule has 4 aromatic rings. The SMILES string of the molecule is COC1(COc2nc(C34CCC(CNC3)N4C(=O)OC(C)(C)C)c3cc(C(F)(F)F)c(-c4ccc(F)c5sc(NC(=O)OC(C)(C)C)c(C#N)c45)c(F)c3n2)CCOC1. The van der Waals surface area contributed by atoms with Crippen molar-refractivity contribution in [2.45, 2.75) is 95.4 Å². The van der Waals surface area contributed by atoms with E-state index in [0.717, 1.165) is 12.1 Å². The number of alkyl halides is 3. The fraction of sp³-hybridized carbons (Fsp3) is 0.525. The van der Waals surface area contributed by atoms with Gasteiger partial charge in [-0.25, -0.2) is 18.4 Å². The van der Waals surface area contributed by atoms with E-state index in [1.807, 2.05) is 6.07 Å². The third-order valence-electron chi connectivity index (χ3n) is 10.5. The quantitative estimate of drug-likeness (QED) is 0.172. The molecule has 316 valence electrons. The molecular weight excluding hydrogens is 804 g/mol. The molecule has 2 bridgehead atoms. The summed E-state index contributed by atoms with van der Waals surface area (Å²) in [6.45, 7) is 10.6. The summed E-state index contributed by atoms with van der Waals surface area (Å²) in [6, 6.07) is 3.51. The van der Waals surface area contributed by atoms with Crippen molar-refractivity contribution in [3.63, 3.8) is 0 Å². The van der Waals surface area contributed by atoms with Crippen molar-refractivity contribution in [3.8, 4) is 23.2 Å². The van der Waals surface area contributed by atoms with Crippen LogP contribution >= 0.6 is 11.3 Å². The average Bonchev–Trinajstić information content (AvgIpc) is 3.82. The summed E-state index contributed by atoms with van der Waals surface area (Å²) < 4.78 is 108. The summed E-state index contributed by atoms with van der Waals surface area (Å²) in [5.74, 6) is -2.40. The molecule has 0 aliphatic carbocycles. The highest BCUT2D eigenvalue weighted by Crippen LogP contribution is 2.51. The van der Waals surface area contributed by atoms with E-state index < -0.39 is 92.2 Å². The Morgan fingerprint density at radius 2 is 1.83 bits per heavy atom. The van der Waals surface area contributed by atoms with Crippen LogP contribution in [-0.2, 0) is 30.7 Å². The maximum atomic E-state index is 17.7. The molecule has 3 unspecified atom stereocenters. The Morgan fingerprint density at radius 1 is 1.10 bits per heavy atom. The zero-order chi connectivity index (χ0) is 42.9. The summed E-state index contributed by atoms with van der Waals surface area (Å²) in [6.07, 6.45) is -5.88. The van der Waals surface area contributed by atoms with Gasteiger partial charge in [-0.2, -0.15) is 28.4 Å². The fourth-order valence-electron chi connectivity index (χ4n) is 7.97. The Morgan fingerprint density at radius 3 is 2.46 bits per heavy atom. The number of nitrogens with zero attached hydrogens (tertiary/aromatic N) is 4. The van der Waals surface area contributed by atoms with Crippen LogP contribution in [0.15, 0.2) is 18.2 Å². The molecule has 3 fully saturated rings. The minimum Gasteiger partial charge on any atom is -0.460 e. The van der Waals surface area contributed by atoms with Crippen LogP contribution in [0.1, 0.15) is 77.6 Å². The van der Waals surface area contributed by atoms with E-state index in [4.69, 9.17) is 23.7 Å². The highest BCUT2D eigenvalue weighted by atomic mass is 32.1. The van der Waals surface area contributed by atoms with Crippen LogP contribution in [0.4, 0.5) is 36.5 Å². The van der Waals surface area contributed by atoms with E-state index in [-0.39, 0.29) is 52.3 Å². The number of nitrogens with one attached hydrogen (secondary N) is 2. The minimum absolute atomic E-state index is 0.0291. The maximum absolute atomic E-state index is 17.7. The van der Waals surface area contributed by atoms with Crippen LogP contribution in [0, 0.1) is 23.0 Å². The predicted molar refractivity (Wildman–Crippen MR) is 206 cm³/mol. The third kappa shape index (κ3) is 7.83. The van der Waals surface area contributed by atoms with Gasteiger partial charge in [-0.05, 0) is 72.1 Å². The lowest BCUT2D eigenvalue weighted by Crippen LogP contribution is -2.61. The number of anilines is 1. The van der Waals surface area contributed by atoms with E-state index >= 15 is 22.0 Å². The molecule has 3 aliphatic rings. The molecule has 3 atom stereocenters. The lowest BCUT2D eigenvalue weighted by Gasteiger charge is -2.45. The first-order valence-electron chi connectivity index (χ1n) is 18.9. The van der Waals surface area contributed by atoms with Gasteiger partial charge in [0.2, 0.25) is 0 Å². The van der Waals surface area contributed by atoms with Gasteiger partial charge >= 0.3 is 24.4 Å². The Bertz CT molecular complexity index is 2380. The number of piperazine rings is 1. The smallest absolute Gasteiger partial charge is 0.417 e. The second-order valence-corrected chi connectivity index (χ2v) is 17.9. The van der Waals surface area contributed by atoms with Crippen molar-refractivity contribution in [2.75, 3.05) is 45.3 Å². The molecule has 2 N–H and O–H groups in total. The molecule has 3 saturated heterocycles. The summed E-state index contributed by atoms with van der Waals surface area (Å²) in [5, 5.41) is 15.0. The number of thiophene rings is 1. The molecule has 59 heavy (non-hydrogen) atoms. The molecule has 7 rings (SSSR count). The molecule has 2 aromatic heterocycles. The highest BCUT2D eigenvalue weighted by Gasteiger charge is 2.56. The summed E-state index contributed by atoms with van der Waals surface area (Å²) in [5.41, 5.74) is -8.37. The number of aromatic nitrogens is 2. The number of carbonyl (C=O) groups is 2. The van der Waals surface area contributed by atoms with Gasteiger partial charge in [0.25, 0.3) is 0 Å². The van der Waals surface area contributed by atoms with E-state index in [2.05, 4.69) is 20.6 Å². The summed E-state index contributed by atoms with van der Waals surface area (Å²) in [4.78, 5) is 37.2. The summed E-state index contributed by atoms with van der Waals surface area (Å²) in [7, 11) is 1.47. The van der Waals surface area contributed by atoms with Gasteiger partial charge in [0.05, 0.1) is 28.1 Å². The van der Waals surface area contributed by atoms with Crippen LogP contribution in [0.5, 0.6) is 6.01 Å². The minimum atomic E-state index is -5.24. The standard InChI is InChI=1S/C40H43F5N6O7S/c1-36(2,3)57-34(52)50-32-23(15-46)26-21(8-9-25(41)30(26)59-32)27-24(40(43,44)45)14-22-29(28(27)42)48-33(56-19-38(54-7)12-13-55-18-38)49-31(22)39-11-10-20(16-47-17-39)51(39)35(53)58-37(4,5)6/h8-9,14,20,47H,10-13,16-19H2,1-7H3,(H,50,52). The average molecular weight is 847 g/mol. The number of hydrogen-bond donors (Lipinski definition) is 2. The second-order valence-electron chi connectivity index (χ2n) is 16.9.